The molecule has 19 heavy (non-hydrogen) atoms. The minimum absolute atomic E-state index is 0.391. The van der Waals surface area contributed by atoms with Gasteiger partial charge in [-0.25, -0.2) is 0 Å². The maximum atomic E-state index is 9.71. The number of aryl methyl sites for hydroxylation is 1. The minimum Gasteiger partial charge on any atom is -0.393 e. The number of hydrogen-bond donors (Lipinski definition) is 1. The fourth-order valence-corrected chi connectivity index (χ4v) is 2.09. The predicted molar refractivity (Wildman–Crippen MR) is 72.9 cm³/mol. The van der Waals surface area contributed by atoms with E-state index in [0.29, 0.717) is 24.6 Å². The molecule has 0 saturated carbocycles. The second kappa shape index (κ2) is 6.48. The second-order valence-electron chi connectivity index (χ2n) is 4.92. The molecule has 0 aliphatic carbocycles. The lowest BCUT2D eigenvalue weighted by atomic mass is 10.1. The van der Waals surface area contributed by atoms with E-state index in [1.54, 1.807) is 0 Å². The van der Waals surface area contributed by atoms with Crippen LogP contribution in [0.1, 0.15) is 42.6 Å². The molecule has 1 unspecified atom stereocenters. The van der Waals surface area contributed by atoms with E-state index in [0.717, 1.165) is 12.8 Å². The molecular weight excluding hydrogens is 240 g/mol. The first-order valence-corrected chi connectivity index (χ1v) is 6.72. The summed E-state index contributed by atoms with van der Waals surface area (Å²) in [4.78, 5) is 4.32. The van der Waals surface area contributed by atoms with Crippen LogP contribution in [0.3, 0.4) is 0 Å². The molecule has 1 aromatic heterocycles. The lowest BCUT2D eigenvalue weighted by molar-refractivity contribution is 0.151. The fourth-order valence-electron chi connectivity index (χ4n) is 2.09. The van der Waals surface area contributed by atoms with Crippen LogP contribution in [0, 0.1) is 6.92 Å². The summed E-state index contributed by atoms with van der Waals surface area (Å²) in [6, 6.07) is 8.25. The molecule has 0 aliphatic rings. The largest absolute Gasteiger partial charge is 0.393 e. The molecule has 0 bridgehead atoms. The molecule has 4 heteroatoms. The van der Waals surface area contributed by atoms with Crippen molar-refractivity contribution in [3.05, 3.63) is 47.1 Å². The molecule has 0 radical (unpaired) electrons. The molecule has 1 atom stereocenters. The van der Waals surface area contributed by atoms with Crippen LogP contribution in [0.25, 0.3) is 0 Å². The van der Waals surface area contributed by atoms with Gasteiger partial charge in [0, 0.05) is 6.42 Å². The van der Waals surface area contributed by atoms with Crippen molar-refractivity contribution in [2.45, 2.75) is 45.6 Å². The number of hydrogen-bond acceptors (Lipinski definition) is 4. The summed E-state index contributed by atoms with van der Waals surface area (Å²) < 4.78 is 5.16. The Morgan fingerprint density at radius 1 is 1.37 bits per heavy atom. The van der Waals surface area contributed by atoms with Gasteiger partial charge in [-0.1, -0.05) is 48.3 Å². The summed E-state index contributed by atoms with van der Waals surface area (Å²) in [5.74, 6) is 1.19. The van der Waals surface area contributed by atoms with E-state index in [2.05, 4.69) is 35.3 Å². The van der Waals surface area contributed by atoms with Crippen molar-refractivity contribution in [3.63, 3.8) is 0 Å². The third-order valence-corrected chi connectivity index (χ3v) is 2.99. The maximum Gasteiger partial charge on any atom is 0.229 e. The first-order valence-electron chi connectivity index (χ1n) is 6.72. The zero-order valence-corrected chi connectivity index (χ0v) is 11.5. The number of rotatable bonds is 6. The van der Waals surface area contributed by atoms with Crippen LogP contribution in [0.5, 0.6) is 0 Å². The van der Waals surface area contributed by atoms with Crippen molar-refractivity contribution < 1.29 is 9.63 Å². The summed E-state index contributed by atoms with van der Waals surface area (Å²) in [7, 11) is 0. The van der Waals surface area contributed by atoms with Gasteiger partial charge in [0.2, 0.25) is 5.89 Å². The quantitative estimate of drug-likeness (QED) is 0.867. The van der Waals surface area contributed by atoms with E-state index < -0.39 is 6.10 Å². The van der Waals surface area contributed by atoms with Gasteiger partial charge in [-0.2, -0.15) is 4.98 Å². The van der Waals surface area contributed by atoms with Crippen molar-refractivity contribution in [1.82, 2.24) is 10.1 Å². The van der Waals surface area contributed by atoms with E-state index in [1.807, 2.05) is 13.0 Å². The second-order valence-corrected chi connectivity index (χ2v) is 4.92. The average molecular weight is 260 g/mol. The van der Waals surface area contributed by atoms with Gasteiger partial charge in [0.05, 0.1) is 12.5 Å². The van der Waals surface area contributed by atoms with Crippen LogP contribution in [0.2, 0.25) is 0 Å². The van der Waals surface area contributed by atoms with Gasteiger partial charge < -0.3 is 9.63 Å². The molecule has 0 aliphatic heterocycles. The van der Waals surface area contributed by atoms with Gasteiger partial charge in [-0.05, 0) is 18.9 Å². The topological polar surface area (TPSA) is 59.2 Å². The number of aliphatic hydroxyl groups is 1. The molecule has 2 rings (SSSR count). The molecule has 4 nitrogen and oxygen atoms in total. The predicted octanol–water partition coefficient (Wildman–Crippen LogP) is 2.67. The Morgan fingerprint density at radius 3 is 2.95 bits per heavy atom. The molecule has 0 fully saturated rings. The summed E-state index contributed by atoms with van der Waals surface area (Å²) >= 11 is 0. The Hall–Kier alpha value is -1.68. The summed E-state index contributed by atoms with van der Waals surface area (Å²) in [5, 5.41) is 13.7. The van der Waals surface area contributed by atoms with Crippen molar-refractivity contribution >= 4 is 0 Å². The highest BCUT2D eigenvalue weighted by Gasteiger charge is 2.11. The highest BCUT2D eigenvalue weighted by Crippen LogP contribution is 2.11. The zero-order valence-electron chi connectivity index (χ0n) is 11.5. The van der Waals surface area contributed by atoms with Crippen LogP contribution in [0.4, 0.5) is 0 Å². The first kappa shape index (κ1) is 13.7. The van der Waals surface area contributed by atoms with E-state index in [4.69, 9.17) is 4.52 Å². The maximum absolute atomic E-state index is 9.71. The average Bonchev–Trinajstić information content (AvgIpc) is 2.76. The van der Waals surface area contributed by atoms with Gasteiger partial charge in [-0.15, -0.1) is 0 Å². The Kier molecular flexibility index (Phi) is 4.68. The van der Waals surface area contributed by atoms with Crippen LogP contribution in [0.15, 0.2) is 28.8 Å². The lowest BCUT2D eigenvalue weighted by Gasteiger charge is -2.03. The van der Waals surface area contributed by atoms with Gasteiger partial charge >= 0.3 is 0 Å². The highest BCUT2D eigenvalue weighted by molar-refractivity contribution is 5.24. The van der Waals surface area contributed by atoms with Gasteiger partial charge in [0.15, 0.2) is 5.82 Å². The molecule has 2 aromatic rings. The van der Waals surface area contributed by atoms with Gasteiger partial charge in [0.1, 0.15) is 0 Å². The Morgan fingerprint density at radius 2 is 2.21 bits per heavy atom. The number of nitrogens with zero attached hydrogens (tertiary/aromatic N) is 2. The van der Waals surface area contributed by atoms with E-state index in [1.165, 1.54) is 11.1 Å². The van der Waals surface area contributed by atoms with E-state index in [-0.39, 0.29) is 0 Å². The van der Waals surface area contributed by atoms with E-state index >= 15 is 0 Å². The molecule has 1 heterocycles. The van der Waals surface area contributed by atoms with Gasteiger partial charge in [0.25, 0.3) is 0 Å². The minimum atomic E-state index is -0.391. The Balaban J connectivity index is 1.97. The molecule has 0 saturated heterocycles. The monoisotopic (exact) mass is 260 g/mol. The summed E-state index contributed by atoms with van der Waals surface area (Å²) in [6.45, 7) is 4.10. The van der Waals surface area contributed by atoms with Crippen molar-refractivity contribution in [2.75, 3.05) is 0 Å². The molecule has 1 aromatic carbocycles. The normalized spacial score (nSPS) is 12.6. The van der Waals surface area contributed by atoms with Crippen LogP contribution >= 0.6 is 0 Å². The van der Waals surface area contributed by atoms with Crippen LogP contribution < -0.4 is 0 Å². The van der Waals surface area contributed by atoms with Gasteiger partial charge in [-0.3, -0.25) is 0 Å². The Bertz CT molecular complexity index is 522. The molecule has 102 valence electrons. The number of aliphatic hydroxyl groups excluding tert-OH is 1. The summed E-state index contributed by atoms with van der Waals surface area (Å²) in [6.07, 6.45) is 2.42. The zero-order chi connectivity index (χ0) is 13.7. The SMILES string of the molecule is CCCC(O)Cc1nc(Cc2cccc(C)c2)no1. The van der Waals surface area contributed by atoms with Crippen molar-refractivity contribution in [1.29, 1.82) is 0 Å². The molecule has 0 spiro atoms. The van der Waals surface area contributed by atoms with Crippen molar-refractivity contribution in [3.8, 4) is 0 Å². The van der Waals surface area contributed by atoms with Crippen LogP contribution in [-0.4, -0.2) is 21.4 Å². The number of benzene rings is 1. The third-order valence-electron chi connectivity index (χ3n) is 2.99. The third kappa shape index (κ3) is 4.17. The Labute approximate surface area is 113 Å². The van der Waals surface area contributed by atoms with E-state index in [9.17, 15) is 5.11 Å². The standard InChI is InChI=1S/C15H20N2O2/c1-3-5-13(18)10-15-16-14(17-19-15)9-12-7-4-6-11(2)8-12/h4,6-8,13,18H,3,5,9-10H2,1-2H3. The molecule has 1 N–H and O–H groups in total. The fraction of sp³-hybridized carbons (Fsp3) is 0.467. The number of aromatic nitrogens is 2. The van der Waals surface area contributed by atoms with Crippen LogP contribution in [-0.2, 0) is 12.8 Å². The lowest BCUT2D eigenvalue weighted by Crippen LogP contribution is -2.09. The highest BCUT2D eigenvalue weighted by atomic mass is 16.5. The smallest absolute Gasteiger partial charge is 0.229 e. The van der Waals surface area contributed by atoms with Crippen molar-refractivity contribution in [2.24, 2.45) is 0 Å². The molecular formula is C15H20N2O2. The molecule has 0 amide bonds. The first-order chi connectivity index (χ1) is 9.17. The summed E-state index contributed by atoms with van der Waals surface area (Å²) in [5.41, 5.74) is 2.39.